The lowest BCUT2D eigenvalue weighted by atomic mass is 10.1. The average molecular weight is 486 g/mol. The van der Waals surface area contributed by atoms with Gasteiger partial charge in [0.25, 0.3) is 5.91 Å². The van der Waals surface area contributed by atoms with Crippen molar-refractivity contribution in [2.75, 3.05) is 29.0 Å². The molecule has 0 aliphatic heterocycles. The third-order valence-electron chi connectivity index (χ3n) is 5.57. The van der Waals surface area contributed by atoms with Gasteiger partial charge >= 0.3 is 0 Å². The molecule has 0 saturated heterocycles. The van der Waals surface area contributed by atoms with E-state index in [1.54, 1.807) is 68.4 Å². The topological polar surface area (TPSA) is 92.5 Å². The summed E-state index contributed by atoms with van der Waals surface area (Å²) in [6.45, 7) is 8.61. The zero-order valence-corrected chi connectivity index (χ0v) is 20.7. The molecule has 6 nitrogen and oxygen atoms in total. The maximum absolute atomic E-state index is 14.0. The van der Waals surface area contributed by atoms with Gasteiger partial charge in [-0.05, 0) is 87.4 Å². The summed E-state index contributed by atoms with van der Waals surface area (Å²) in [5, 5.41) is 3.31. The predicted molar refractivity (Wildman–Crippen MR) is 135 cm³/mol. The van der Waals surface area contributed by atoms with Crippen molar-refractivity contribution in [1.82, 2.24) is 0 Å². The van der Waals surface area contributed by atoms with Crippen molar-refractivity contribution in [3.8, 4) is 0 Å². The number of nitrogens with zero attached hydrogens (tertiary/aromatic N) is 1. The van der Waals surface area contributed by atoms with Crippen molar-refractivity contribution in [2.45, 2.75) is 37.5 Å². The van der Waals surface area contributed by atoms with Crippen molar-refractivity contribution in [3.63, 3.8) is 0 Å². The zero-order chi connectivity index (χ0) is 24.3. The molecule has 0 unspecified atom stereocenters. The molecule has 0 bridgehead atoms. The molecule has 3 rings (SSSR count). The van der Waals surface area contributed by atoms with Gasteiger partial charge in [0.05, 0.1) is 16.3 Å². The molecular weight excluding hydrogens is 458 g/mol. The van der Waals surface area contributed by atoms with E-state index in [0.717, 1.165) is 0 Å². The molecule has 1 amide bonds. The number of rotatable bonds is 7. The van der Waals surface area contributed by atoms with Gasteiger partial charge in [-0.2, -0.15) is 0 Å². The molecule has 174 valence electrons. The number of nitrogens with one attached hydrogen (secondary N) is 1. The Morgan fingerprint density at radius 3 is 2.24 bits per heavy atom. The lowest BCUT2D eigenvalue weighted by molar-refractivity contribution is 0.102. The zero-order valence-electron chi connectivity index (χ0n) is 19.1. The normalized spacial score (nSPS) is 11.3. The fourth-order valence-electron chi connectivity index (χ4n) is 3.73. The number of anilines is 3. The first-order chi connectivity index (χ1) is 15.6. The molecule has 0 heterocycles. The third kappa shape index (κ3) is 4.99. The first-order valence-corrected chi connectivity index (χ1v) is 12.5. The second-order valence-corrected chi connectivity index (χ2v) is 10.1. The number of hydrogen-bond donors (Lipinski definition) is 2. The molecule has 0 atom stereocenters. The predicted octanol–water partition coefficient (Wildman–Crippen LogP) is 5.47. The Kier molecular flexibility index (Phi) is 7.34. The summed E-state index contributed by atoms with van der Waals surface area (Å²) in [5.74, 6) is -0.426. The lowest BCUT2D eigenvalue weighted by Crippen LogP contribution is -2.25. The van der Waals surface area contributed by atoms with Crippen molar-refractivity contribution in [1.29, 1.82) is 0 Å². The second-order valence-electron chi connectivity index (χ2n) is 7.76. The van der Waals surface area contributed by atoms with E-state index in [4.69, 9.17) is 17.3 Å². The van der Waals surface area contributed by atoms with Crippen LogP contribution in [0.2, 0.25) is 5.02 Å². The van der Waals surface area contributed by atoms with Crippen LogP contribution in [0.15, 0.2) is 64.4 Å². The molecule has 0 radical (unpaired) electrons. The van der Waals surface area contributed by atoms with Gasteiger partial charge in [0.1, 0.15) is 4.90 Å². The maximum Gasteiger partial charge on any atom is 0.255 e. The molecule has 33 heavy (non-hydrogen) atoms. The molecule has 0 fully saturated rings. The monoisotopic (exact) mass is 485 g/mol. The fraction of sp³-hybridized carbons (Fsp3) is 0.240. The first kappa shape index (κ1) is 24.6. The van der Waals surface area contributed by atoms with Crippen molar-refractivity contribution in [2.24, 2.45) is 0 Å². The Bertz CT molecular complexity index is 1280. The molecule has 0 aromatic heterocycles. The largest absolute Gasteiger partial charge is 0.399 e. The van der Waals surface area contributed by atoms with Crippen LogP contribution >= 0.6 is 11.6 Å². The molecule has 3 aromatic rings. The van der Waals surface area contributed by atoms with E-state index in [1.165, 1.54) is 0 Å². The number of aryl methyl sites for hydroxylation is 2. The minimum Gasteiger partial charge on any atom is -0.399 e. The standard InChI is InChI=1S/C25H28ClN3O3S/c1-5-29(6-2)22-9-7-8-21(28-25(30)18-10-12-19(26)13-11-18)24(22)33(31,32)23-15-16(3)20(27)14-17(23)4/h7-15H,5-6,27H2,1-4H3,(H,28,30). The molecule has 0 saturated carbocycles. The van der Waals surface area contributed by atoms with Crippen LogP contribution in [0.25, 0.3) is 0 Å². The highest BCUT2D eigenvalue weighted by atomic mass is 35.5. The Hall–Kier alpha value is -3.03. The summed E-state index contributed by atoms with van der Waals surface area (Å²) in [6.07, 6.45) is 0. The van der Waals surface area contributed by atoms with Gasteiger partial charge < -0.3 is 16.0 Å². The van der Waals surface area contributed by atoms with Gasteiger partial charge in [-0.15, -0.1) is 0 Å². The summed E-state index contributed by atoms with van der Waals surface area (Å²) in [5.41, 5.74) is 8.86. The Morgan fingerprint density at radius 2 is 1.64 bits per heavy atom. The highest BCUT2D eigenvalue weighted by Crippen LogP contribution is 2.38. The SMILES string of the molecule is CCN(CC)c1cccc(NC(=O)c2ccc(Cl)cc2)c1S(=O)(=O)c1cc(C)c(N)cc1C. The number of benzene rings is 3. The smallest absolute Gasteiger partial charge is 0.255 e. The molecule has 3 N–H and O–H groups in total. The van der Waals surface area contributed by atoms with Gasteiger partial charge in [-0.1, -0.05) is 17.7 Å². The Morgan fingerprint density at radius 1 is 1.00 bits per heavy atom. The van der Waals surface area contributed by atoms with Crippen molar-refractivity contribution >= 4 is 44.4 Å². The summed E-state index contributed by atoms with van der Waals surface area (Å²) in [6, 6.07) is 14.8. The Labute approximate surface area is 200 Å². The van der Waals surface area contributed by atoms with Crippen LogP contribution in [0, 0.1) is 13.8 Å². The van der Waals surface area contributed by atoms with E-state index in [0.29, 0.717) is 46.2 Å². The number of sulfone groups is 1. The summed E-state index contributed by atoms with van der Waals surface area (Å²) < 4.78 is 28.0. The highest BCUT2D eigenvalue weighted by Gasteiger charge is 2.29. The fourth-order valence-corrected chi connectivity index (χ4v) is 5.77. The number of carbonyl (C=O) groups excluding carboxylic acids is 1. The van der Waals surface area contributed by atoms with Gasteiger partial charge in [-0.25, -0.2) is 8.42 Å². The van der Waals surface area contributed by atoms with E-state index in [-0.39, 0.29) is 15.5 Å². The van der Waals surface area contributed by atoms with E-state index >= 15 is 0 Å². The first-order valence-electron chi connectivity index (χ1n) is 10.7. The average Bonchev–Trinajstić information content (AvgIpc) is 2.77. The minimum absolute atomic E-state index is 0.0586. The van der Waals surface area contributed by atoms with Crippen LogP contribution in [-0.4, -0.2) is 27.4 Å². The quantitative estimate of drug-likeness (QED) is 0.433. The van der Waals surface area contributed by atoms with Crippen molar-refractivity contribution < 1.29 is 13.2 Å². The Balaban J connectivity index is 2.22. The van der Waals surface area contributed by atoms with Crippen LogP contribution in [-0.2, 0) is 9.84 Å². The highest BCUT2D eigenvalue weighted by molar-refractivity contribution is 7.92. The molecular formula is C25H28ClN3O3S. The number of hydrogen-bond acceptors (Lipinski definition) is 5. The summed E-state index contributed by atoms with van der Waals surface area (Å²) in [7, 11) is -4.00. The molecule has 0 aliphatic rings. The van der Waals surface area contributed by atoms with Gasteiger partial charge in [-0.3, -0.25) is 4.79 Å². The number of halogens is 1. The molecule has 0 aliphatic carbocycles. The molecule has 0 spiro atoms. The van der Waals surface area contributed by atoms with E-state index < -0.39 is 15.7 Å². The molecule has 8 heteroatoms. The number of nitrogen functional groups attached to an aromatic ring is 1. The van der Waals surface area contributed by atoms with Gasteiger partial charge in [0, 0.05) is 29.4 Å². The summed E-state index contributed by atoms with van der Waals surface area (Å²) in [4.78, 5) is 15.1. The number of carbonyl (C=O) groups is 1. The van der Waals surface area contributed by atoms with Crippen LogP contribution < -0.4 is 16.0 Å². The van der Waals surface area contributed by atoms with Crippen LogP contribution in [0.1, 0.15) is 35.3 Å². The van der Waals surface area contributed by atoms with E-state index in [1.807, 2.05) is 18.7 Å². The van der Waals surface area contributed by atoms with Crippen molar-refractivity contribution in [3.05, 3.63) is 76.3 Å². The number of amides is 1. The number of nitrogens with two attached hydrogens (primary N) is 1. The van der Waals surface area contributed by atoms with E-state index in [2.05, 4.69) is 5.32 Å². The second kappa shape index (κ2) is 9.85. The summed E-state index contributed by atoms with van der Waals surface area (Å²) >= 11 is 5.93. The lowest BCUT2D eigenvalue weighted by Gasteiger charge is -2.26. The third-order valence-corrected chi connectivity index (χ3v) is 7.81. The minimum atomic E-state index is -4.00. The van der Waals surface area contributed by atoms with Crippen LogP contribution in [0.5, 0.6) is 0 Å². The molecule has 3 aromatic carbocycles. The van der Waals surface area contributed by atoms with E-state index in [9.17, 15) is 13.2 Å². The van der Waals surface area contributed by atoms with Crippen LogP contribution in [0.3, 0.4) is 0 Å². The van der Waals surface area contributed by atoms with Crippen LogP contribution in [0.4, 0.5) is 17.1 Å². The van der Waals surface area contributed by atoms with Gasteiger partial charge in [0.2, 0.25) is 9.84 Å². The van der Waals surface area contributed by atoms with Gasteiger partial charge in [0.15, 0.2) is 0 Å². The maximum atomic E-state index is 14.0.